The van der Waals surface area contributed by atoms with Crippen LogP contribution in [-0.2, 0) is 6.54 Å². The number of nitrogens with one attached hydrogen (secondary N) is 1. The molecule has 1 N–H and O–H groups in total. The fourth-order valence-electron chi connectivity index (χ4n) is 2.39. The van der Waals surface area contributed by atoms with Gasteiger partial charge in [-0.25, -0.2) is 4.39 Å². The summed E-state index contributed by atoms with van der Waals surface area (Å²) < 4.78 is 13.4. The van der Waals surface area contributed by atoms with E-state index in [2.05, 4.69) is 16.4 Å². The van der Waals surface area contributed by atoms with Gasteiger partial charge in [0, 0.05) is 48.5 Å². The van der Waals surface area contributed by atoms with Gasteiger partial charge in [-0.3, -0.25) is 4.98 Å². The van der Waals surface area contributed by atoms with E-state index in [0.29, 0.717) is 6.04 Å². The maximum absolute atomic E-state index is 13.4. The van der Waals surface area contributed by atoms with E-state index < -0.39 is 0 Å². The Morgan fingerprint density at radius 3 is 2.86 bits per heavy atom. The smallest absolute Gasteiger partial charge is 0.125 e. The molecule has 0 radical (unpaired) electrons. The molecule has 3 nitrogen and oxygen atoms in total. The molecule has 1 heterocycles. The molecule has 0 atom stereocenters. The van der Waals surface area contributed by atoms with Crippen molar-refractivity contribution in [2.75, 3.05) is 11.9 Å². The lowest BCUT2D eigenvalue weighted by Crippen LogP contribution is -2.19. The maximum atomic E-state index is 13.4. The molecule has 1 fully saturated rings. The third kappa shape index (κ3) is 3.39. The Kier molecular flexibility index (Phi) is 3.88. The van der Waals surface area contributed by atoms with Gasteiger partial charge in [-0.05, 0) is 44.0 Å². The van der Waals surface area contributed by atoms with Crippen molar-refractivity contribution >= 4 is 11.4 Å². The number of hydrogen-bond donors (Lipinski definition) is 1. The number of pyridine rings is 1. The predicted octanol–water partition coefficient (Wildman–Crippen LogP) is 3.55. The van der Waals surface area contributed by atoms with Gasteiger partial charge in [-0.1, -0.05) is 6.07 Å². The Balaban J connectivity index is 1.89. The quantitative estimate of drug-likeness (QED) is 0.910. The number of benzene rings is 1. The van der Waals surface area contributed by atoms with Crippen LogP contribution >= 0.6 is 0 Å². The molecule has 1 aliphatic rings. The van der Waals surface area contributed by atoms with Gasteiger partial charge in [0.05, 0.1) is 0 Å². The number of hydrogen-bond acceptors (Lipinski definition) is 3. The monoisotopic (exact) mass is 285 g/mol. The Morgan fingerprint density at radius 1 is 1.33 bits per heavy atom. The number of anilines is 2. The van der Waals surface area contributed by atoms with Gasteiger partial charge in [0.25, 0.3) is 0 Å². The third-order valence-corrected chi connectivity index (χ3v) is 3.81. The molecule has 0 bridgehead atoms. The minimum absolute atomic E-state index is 0.220. The lowest BCUT2D eigenvalue weighted by atomic mass is 10.1. The standard InChI is InChI=1S/C17H20FN3/c1-12-8-17(13(10-19-12)11-20-15-6-7-15)21(2)16-5-3-4-14(18)9-16/h3-5,8-10,15,20H,6-7,11H2,1-2H3. The van der Waals surface area contributed by atoms with E-state index >= 15 is 0 Å². The third-order valence-electron chi connectivity index (χ3n) is 3.81. The minimum atomic E-state index is -0.220. The lowest BCUT2D eigenvalue weighted by Gasteiger charge is -2.23. The summed E-state index contributed by atoms with van der Waals surface area (Å²) >= 11 is 0. The lowest BCUT2D eigenvalue weighted by molar-refractivity contribution is 0.628. The Morgan fingerprint density at radius 2 is 2.14 bits per heavy atom. The molecule has 1 saturated carbocycles. The van der Waals surface area contributed by atoms with Crippen molar-refractivity contribution in [1.82, 2.24) is 10.3 Å². The van der Waals surface area contributed by atoms with E-state index in [4.69, 9.17) is 0 Å². The molecule has 3 rings (SSSR count). The molecule has 1 aliphatic carbocycles. The summed E-state index contributed by atoms with van der Waals surface area (Å²) in [5, 5.41) is 3.51. The van der Waals surface area contributed by atoms with Crippen molar-refractivity contribution in [3.8, 4) is 0 Å². The first kappa shape index (κ1) is 14.0. The summed E-state index contributed by atoms with van der Waals surface area (Å²) in [7, 11) is 1.96. The van der Waals surface area contributed by atoms with E-state index in [1.165, 1.54) is 18.9 Å². The largest absolute Gasteiger partial charge is 0.344 e. The highest BCUT2D eigenvalue weighted by Gasteiger charge is 2.21. The van der Waals surface area contributed by atoms with Crippen LogP contribution in [0.5, 0.6) is 0 Å². The SMILES string of the molecule is Cc1cc(N(C)c2cccc(F)c2)c(CNC2CC2)cn1. The second-order valence-electron chi connectivity index (χ2n) is 5.65. The topological polar surface area (TPSA) is 28.2 Å². The van der Waals surface area contributed by atoms with Crippen molar-refractivity contribution in [3.05, 3.63) is 53.6 Å². The molecule has 2 aromatic rings. The fraction of sp³-hybridized carbons (Fsp3) is 0.353. The second-order valence-corrected chi connectivity index (χ2v) is 5.65. The number of aromatic nitrogens is 1. The Bertz CT molecular complexity index is 638. The number of halogens is 1. The van der Waals surface area contributed by atoms with E-state index in [9.17, 15) is 4.39 Å². The van der Waals surface area contributed by atoms with Crippen molar-refractivity contribution < 1.29 is 4.39 Å². The highest BCUT2D eigenvalue weighted by molar-refractivity contribution is 5.65. The number of aryl methyl sites for hydroxylation is 1. The van der Waals surface area contributed by atoms with Gasteiger partial charge in [-0.15, -0.1) is 0 Å². The summed E-state index contributed by atoms with van der Waals surface area (Å²) in [6.07, 6.45) is 4.43. The van der Waals surface area contributed by atoms with Crippen molar-refractivity contribution in [1.29, 1.82) is 0 Å². The van der Waals surface area contributed by atoms with Crippen LogP contribution in [-0.4, -0.2) is 18.1 Å². The molecule has 21 heavy (non-hydrogen) atoms. The molecule has 0 saturated heterocycles. The molecule has 0 spiro atoms. The average Bonchev–Trinajstić information content (AvgIpc) is 3.29. The van der Waals surface area contributed by atoms with Crippen molar-refractivity contribution in [3.63, 3.8) is 0 Å². The van der Waals surface area contributed by atoms with Crippen LogP contribution < -0.4 is 10.2 Å². The zero-order chi connectivity index (χ0) is 14.8. The highest BCUT2D eigenvalue weighted by atomic mass is 19.1. The van der Waals surface area contributed by atoms with Gasteiger partial charge < -0.3 is 10.2 Å². The molecule has 0 aliphatic heterocycles. The maximum Gasteiger partial charge on any atom is 0.125 e. The molecule has 0 unspecified atom stereocenters. The molecule has 4 heteroatoms. The molecular formula is C17H20FN3. The molecule has 0 amide bonds. The highest BCUT2D eigenvalue weighted by Crippen LogP contribution is 2.28. The first-order valence-corrected chi connectivity index (χ1v) is 7.31. The first-order chi connectivity index (χ1) is 10.1. The molecule has 110 valence electrons. The minimum Gasteiger partial charge on any atom is -0.344 e. The number of rotatable bonds is 5. The van der Waals surface area contributed by atoms with E-state index in [1.807, 2.05) is 31.1 Å². The van der Waals surface area contributed by atoms with Gasteiger partial charge >= 0.3 is 0 Å². The van der Waals surface area contributed by atoms with E-state index in [1.54, 1.807) is 12.1 Å². The van der Waals surface area contributed by atoms with Crippen LogP contribution in [0.1, 0.15) is 24.1 Å². The Hall–Kier alpha value is -1.94. The van der Waals surface area contributed by atoms with Crippen LogP contribution in [0.3, 0.4) is 0 Å². The van der Waals surface area contributed by atoms with Crippen molar-refractivity contribution in [2.24, 2.45) is 0 Å². The van der Waals surface area contributed by atoms with Gasteiger partial charge in [-0.2, -0.15) is 0 Å². The average molecular weight is 285 g/mol. The van der Waals surface area contributed by atoms with E-state index in [0.717, 1.165) is 29.2 Å². The van der Waals surface area contributed by atoms with Crippen LogP contribution in [0.2, 0.25) is 0 Å². The molecule has 1 aromatic carbocycles. The first-order valence-electron chi connectivity index (χ1n) is 7.31. The van der Waals surface area contributed by atoms with Gasteiger partial charge in [0.15, 0.2) is 0 Å². The summed E-state index contributed by atoms with van der Waals surface area (Å²) in [5.74, 6) is -0.220. The van der Waals surface area contributed by atoms with Crippen LogP contribution in [0.4, 0.5) is 15.8 Å². The number of nitrogens with zero attached hydrogens (tertiary/aromatic N) is 2. The zero-order valence-electron chi connectivity index (χ0n) is 12.4. The van der Waals surface area contributed by atoms with Gasteiger partial charge in [0.2, 0.25) is 0 Å². The summed E-state index contributed by atoms with van der Waals surface area (Å²) in [5.41, 5.74) is 4.01. The van der Waals surface area contributed by atoms with Crippen LogP contribution in [0, 0.1) is 12.7 Å². The Labute approximate surface area is 124 Å². The predicted molar refractivity (Wildman–Crippen MR) is 83.3 cm³/mol. The molecule has 1 aromatic heterocycles. The zero-order valence-corrected chi connectivity index (χ0v) is 12.4. The van der Waals surface area contributed by atoms with E-state index in [-0.39, 0.29) is 5.82 Å². The van der Waals surface area contributed by atoms with Crippen molar-refractivity contribution in [2.45, 2.75) is 32.4 Å². The van der Waals surface area contributed by atoms with Crippen LogP contribution in [0.25, 0.3) is 0 Å². The van der Waals surface area contributed by atoms with Crippen LogP contribution in [0.15, 0.2) is 36.5 Å². The van der Waals surface area contributed by atoms with Gasteiger partial charge in [0.1, 0.15) is 5.82 Å². The normalized spacial score (nSPS) is 14.2. The molecular weight excluding hydrogens is 265 g/mol. The fourth-order valence-corrected chi connectivity index (χ4v) is 2.39. The summed E-state index contributed by atoms with van der Waals surface area (Å²) in [6.45, 7) is 2.77. The second kappa shape index (κ2) is 5.82. The summed E-state index contributed by atoms with van der Waals surface area (Å²) in [6, 6.07) is 9.36. The summed E-state index contributed by atoms with van der Waals surface area (Å²) in [4.78, 5) is 6.41.